The number of imidazole rings is 1. The molecule has 10 heteroatoms. The van der Waals surface area contributed by atoms with Gasteiger partial charge in [0.2, 0.25) is 0 Å². The Morgan fingerprint density at radius 3 is 2.65 bits per heavy atom. The molecular weight excluding hydrogens is 444 g/mol. The summed E-state index contributed by atoms with van der Waals surface area (Å²) in [7, 11) is 3.29. The lowest BCUT2D eigenvalue weighted by Gasteiger charge is -2.36. The predicted octanol–water partition coefficient (Wildman–Crippen LogP) is 3.51. The van der Waals surface area contributed by atoms with E-state index in [1.54, 1.807) is 34.9 Å². The number of piperidine rings is 1. The summed E-state index contributed by atoms with van der Waals surface area (Å²) in [5.74, 6) is -0.671. The Morgan fingerprint density at radius 1 is 1.29 bits per heavy atom. The van der Waals surface area contributed by atoms with E-state index in [-0.39, 0.29) is 23.8 Å². The summed E-state index contributed by atoms with van der Waals surface area (Å²) in [4.78, 5) is 27.3. The van der Waals surface area contributed by atoms with Crippen LogP contribution in [0.5, 0.6) is 0 Å². The molecule has 8 nitrogen and oxygen atoms in total. The Hall–Kier alpha value is -3.30. The van der Waals surface area contributed by atoms with Crippen LogP contribution >= 0.6 is 0 Å². The molecule has 0 saturated carbocycles. The molecule has 1 fully saturated rings. The van der Waals surface area contributed by atoms with Crippen molar-refractivity contribution in [3.05, 3.63) is 58.2 Å². The first kappa shape index (κ1) is 25.3. The minimum Gasteiger partial charge on any atom is -0.444 e. The number of nitrogens with zero attached hydrogens (tertiary/aromatic N) is 3. The third kappa shape index (κ3) is 5.60. The number of likely N-dealkylation sites (tertiary alicyclic amines) is 1. The van der Waals surface area contributed by atoms with Crippen molar-refractivity contribution < 1.29 is 18.3 Å². The molecule has 34 heavy (non-hydrogen) atoms. The number of amides is 1. The van der Waals surface area contributed by atoms with Crippen LogP contribution in [0.4, 0.5) is 19.4 Å². The molecule has 2 N–H and O–H groups in total. The fourth-order valence-corrected chi connectivity index (χ4v) is 4.18. The second-order valence-electron chi connectivity index (χ2n) is 9.49. The van der Waals surface area contributed by atoms with Crippen LogP contribution in [0.3, 0.4) is 0 Å². The maximum absolute atomic E-state index is 14.4. The van der Waals surface area contributed by atoms with E-state index in [2.05, 4.69) is 17.2 Å². The predicted molar refractivity (Wildman–Crippen MR) is 128 cm³/mol. The van der Waals surface area contributed by atoms with Gasteiger partial charge >= 0.3 is 11.8 Å². The maximum Gasteiger partial charge on any atom is 0.407 e. The summed E-state index contributed by atoms with van der Waals surface area (Å²) < 4.78 is 36.3. The Morgan fingerprint density at radius 2 is 2.00 bits per heavy atom. The number of carbonyl (C=O) groups is 1. The molecule has 1 atom stereocenters. The molecule has 1 unspecified atom stereocenters. The number of hydrogen-bond donors (Lipinski definition) is 2. The monoisotopic (exact) mass is 477 g/mol. The van der Waals surface area contributed by atoms with E-state index in [0.717, 1.165) is 31.0 Å². The zero-order valence-corrected chi connectivity index (χ0v) is 20.4. The van der Waals surface area contributed by atoms with Gasteiger partial charge in [-0.2, -0.15) is 0 Å². The van der Waals surface area contributed by atoms with Gasteiger partial charge in [-0.1, -0.05) is 6.58 Å². The van der Waals surface area contributed by atoms with E-state index < -0.39 is 23.3 Å². The summed E-state index contributed by atoms with van der Waals surface area (Å²) in [5, 5.41) is 5.92. The average molecular weight is 478 g/mol. The largest absolute Gasteiger partial charge is 0.444 e. The fourth-order valence-electron chi connectivity index (χ4n) is 4.18. The number of hydrogen-bond acceptors (Lipinski definition) is 5. The number of nitrogens with one attached hydrogen (secondary N) is 2. The van der Waals surface area contributed by atoms with E-state index >= 15 is 0 Å². The van der Waals surface area contributed by atoms with Gasteiger partial charge in [0.25, 0.3) is 0 Å². The lowest BCUT2D eigenvalue weighted by molar-refractivity contribution is 0.0484. The smallest absolute Gasteiger partial charge is 0.407 e. The fraction of sp³-hybridized carbons (Fsp3) is 0.500. The van der Waals surface area contributed by atoms with Crippen LogP contribution in [0.25, 0.3) is 5.70 Å². The van der Waals surface area contributed by atoms with Gasteiger partial charge in [0.15, 0.2) is 0 Å². The SMILES string of the molecule is C=C(c1c(NC)n(C)c(=O)n1Cc1cc(F)ccc1F)N1CCCC(NC(=O)OC(C)(C)C)C1. The molecule has 0 spiro atoms. The zero-order chi connectivity index (χ0) is 25.2. The van der Waals surface area contributed by atoms with E-state index in [4.69, 9.17) is 4.74 Å². The summed E-state index contributed by atoms with van der Waals surface area (Å²) in [6.45, 7) is 10.6. The minimum absolute atomic E-state index is 0.0625. The molecule has 2 aromatic rings. The van der Waals surface area contributed by atoms with Gasteiger partial charge in [0.1, 0.15) is 28.7 Å². The Balaban J connectivity index is 1.89. The van der Waals surface area contributed by atoms with Crippen LogP contribution in [0.15, 0.2) is 29.6 Å². The number of alkyl carbamates (subject to hydrolysis) is 1. The summed E-state index contributed by atoms with van der Waals surface area (Å²) >= 11 is 0. The maximum atomic E-state index is 14.4. The van der Waals surface area contributed by atoms with E-state index in [0.29, 0.717) is 30.3 Å². The molecule has 1 saturated heterocycles. The Bertz CT molecular complexity index is 1130. The highest BCUT2D eigenvalue weighted by atomic mass is 19.1. The van der Waals surface area contributed by atoms with Gasteiger partial charge < -0.3 is 20.3 Å². The third-order valence-corrected chi connectivity index (χ3v) is 5.72. The Labute approximate surface area is 198 Å². The van der Waals surface area contributed by atoms with Crippen LogP contribution in [0, 0.1) is 11.6 Å². The van der Waals surface area contributed by atoms with Crippen molar-refractivity contribution in [1.29, 1.82) is 0 Å². The van der Waals surface area contributed by atoms with Crippen molar-refractivity contribution in [2.75, 3.05) is 25.5 Å². The number of rotatable bonds is 6. The highest BCUT2D eigenvalue weighted by Gasteiger charge is 2.29. The van der Waals surface area contributed by atoms with Crippen molar-refractivity contribution in [2.45, 2.75) is 51.8 Å². The van der Waals surface area contributed by atoms with E-state index in [1.807, 2.05) is 4.90 Å². The molecule has 1 aromatic heterocycles. The molecular formula is C24H33F2N5O3. The number of carbonyl (C=O) groups excluding carboxylic acids is 1. The lowest BCUT2D eigenvalue weighted by Crippen LogP contribution is -2.48. The summed E-state index contributed by atoms with van der Waals surface area (Å²) in [6.07, 6.45) is 1.08. The first-order chi connectivity index (χ1) is 15.9. The average Bonchev–Trinajstić information content (AvgIpc) is 2.98. The van der Waals surface area contributed by atoms with Crippen LogP contribution < -0.4 is 16.3 Å². The van der Waals surface area contributed by atoms with Crippen LogP contribution in [-0.4, -0.2) is 51.9 Å². The molecule has 0 bridgehead atoms. The first-order valence-corrected chi connectivity index (χ1v) is 11.3. The van der Waals surface area contributed by atoms with Gasteiger partial charge in [0.05, 0.1) is 12.2 Å². The van der Waals surface area contributed by atoms with Crippen LogP contribution in [0.2, 0.25) is 0 Å². The van der Waals surface area contributed by atoms with E-state index in [9.17, 15) is 18.4 Å². The van der Waals surface area contributed by atoms with Gasteiger partial charge in [0, 0.05) is 38.8 Å². The summed E-state index contributed by atoms with van der Waals surface area (Å²) in [6, 6.07) is 3.01. The van der Waals surface area contributed by atoms with Gasteiger partial charge in [-0.3, -0.25) is 9.13 Å². The number of anilines is 1. The summed E-state index contributed by atoms with van der Waals surface area (Å²) in [5.41, 5.74) is 0.110. The second-order valence-corrected chi connectivity index (χ2v) is 9.49. The first-order valence-electron chi connectivity index (χ1n) is 11.3. The van der Waals surface area contributed by atoms with Crippen LogP contribution in [-0.2, 0) is 18.3 Å². The van der Waals surface area contributed by atoms with Crippen molar-refractivity contribution in [1.82, 2.24) is 19.4 Å². The molecule has 2 heterocycles. The Kier molecular flexibility index (Phi) is 7.38. The van der Waals surface area contributed by atoms with Crippen molar-refractivity contribution in [3.63, 3.8) is 0 Å². The molecule has 0 aliphatic carbocycles. The highest BCUT2D eigenvalue weighted by Crippen LogP contribution is 2.28. The standard InChI is InChI=1S/C24H33F2N5O3/c1-15(30-11-7-8-18(14-30)28-22(32)34-24(2,3)4)20-21(27-5)29(6)23(33)31(20)13-16-12-17(25)9-10-19(16)26/h9-10,12,18,27H,1,7-8,11,13-14H2,2-6H3,(H,28,32). The molecule has 1 amide bonds. The van der Waals surface area contributed by atoms with Gasteiger partial charge in [-0.15, -0.1) is 0 Å². The topological polar surface area (TPSA) is 80.5 Å². The number of aromatic nitrogens is 2. The highest BCUT2D eigenvalue weighted by molar-refractivity contribution is 5.70. The van der Waals surface area contributed by atoms with Gasteiger partial charge in [-0.05, 0) is 51.8 Å². The molecule has 1 aromatic carbocycles. The normalized spacial score (nSPS) is 16.3. The molecule has 1 aliphatic heterocycles. The molecule has 0 radical (unpaired) electrons. The second kappa shape index (κ2) is 9.90. The van der Waals surface area contributed by atoms with E-state index in [1.165, 1.54) is 9.13 Å². The number of benzene rings is 1. The minimum atomic E-state index is -0.601. The van der Waals surface area contributed by atoms with Crippen molar-refractivity contribution >= 4 is 17.6 Å². The van der Waals surface area contributed by atoms with Crippen molar-refractivity contribution in [2.24, 2.45) is 7.05 Å². The van der Waals surface area contributed by atoms with Crippen LogP contribution in [0.1, 0.15) is 44.9 Å². The number of halogens is 2. The number of ether oxygens (including phenoxy) is 1. The zero-order valence-electron chi connectivity index (χ0n) is 20.4. The van der Waals surface area contributed by atoms with Gasteiger partial charge in [-0.25, -0.2) is 18.4 Å². The molecule has 1 aliphatic rings. The molecule has 186 valence electrons. The lowest BCUT2D eigenvalue weighted by atomic mass is 10.0. The molecule has 3 rings (SSSR count). The third-order valence-electron chi connectivity index (χ3n) is 5.72. The van der Waals surface area contributed by atoms with Crippen molar-refractivity contribution in [3.8, 4) is 0 Å². The quantitative estimate of drug-likeness (QED) is 0.666.